The second kappa shape index (κ2) is 13.7. The standard InChI is InChI=1S/C34H40N4O3/c1-36(21-28-10-6-9-27(19-28)12-11-26-7-4-3-5-8-26)23-31-20-32-24-37(18-17-29(25-39)22-38(31)32)34(40)35-30-13-15-33(41-2)16-14-30/h3-10,13-16,19,29,31-32,39H,17-18,20-25H2,1-2H3,(H,35,40)/t29?,31-,32+/m0/s1. The average molecular weight is 553 g/mol. The summed E-state index contributed by atoms with van der Waals surface area (Å²) in [4.78, 5) is 19.9. The molecule has 41 heavy (non-hydrogen) atoms. The van der Waals surface area contributed by atoms with Gasteiger partial charge in [0.2, 0.25) is 0 Å². The van der Waals surface area contributed by atoms with Gasteiger partial charge >= 0.3 is 6.03 Å². The number of benzene rings is 3. The molecule has 2 aliphatic heterocycles. The van der Waals surface area contributed by atoms with E-state index in [9.17, 15) is 9.90 Å². The van der Waals surface area contributed by atoms with Crippen molar-refractivity contribution in [2.75, 3.05) is 52.3 Å². The van der Waals surface area contributed by atoms with Crippen LogP contribution in [0.2, 0.25) is 0 Å². The van der Waals surface area contributed by atoms with Gasteiger partial charge in [0.25, 0.3) is 0 Å². The quantitative estimate of drug-likeness (QED) is 0.422. The lowest BCUT2D eigenvalue weighted by molar-refractivity contribution is -0.0427. The third-order valence-electron chi connectivity index (χ3n) is 8.10. The predicted octanol–water partition coefficient (Wildman–Crippen LogP) is 4.52. The molecule has 214 valence electrons. The Hall–Kier alpha value is -3.83. The SMILES string of the molecule is COc1ccc(NC(=O)N2CCC(CO)CN3[C@H](C[C@H]3CN(C)Cc3cccc(C#Cc4ccccc4)c3)C2)cc1. The Morgan fingerprint density at radius 1 is 1.02 bits per heavy atom. The lowest BCUT2D eigenvalue weighted by atomic mass is 9.87. The second-order valence-corrected chi connectivity index (χ2v) is 11.2. The Balaban J connectivity index is 1.17. The summed E-state index contributed by atoms with van der Waals surface area (Å²) in [5.41, 5.74) is 4.02. The smallest absolute Gasteiger partial charge is 0.321 e. The summed E-state index contributed by atoms with van der Waals surface area (Å²) in [5.74, 6) is 7.44. The molecule has 3 aromatic rings. The molecule has 2 N–H and O–H groups in total. The molecule has 2 saturated heterocycles. The van der Waals surface area contributed by atoms with Gasteiger partial charge in [-0.05, 0) is 79.9 Å². The summed E-state index contributed by atoms with van der Waals surface area (Å²) >= 11 is 0. The number of carbonyl (C=O) groups is 1. The van der Waals surface area contributed by atoms with Crippen LogP contribution in [-0.4, -0.2) is 84.9 Å². The molecule has 0 aromatic heterocycles. The fourth-order valence-electron chi connectivity index (χ4n) is 5.84. The van der Waals surface area contributed by atoms with E-state index in [0.29, 0.717) is 25.2 Å². The molecule has 1 unspecified atom stereocenters. The van der Waals surface area contributed by atoms with Crippen molar-refractivity contribution in [3.05, 3.63) is 95.6 Å². The second-order valence-electron chi connectivity index (χ2n) is 11.2. The lowest BCUT2D eigenvalue weighted by Gasteiger charge is -2.53. The molecule has 2 amide bonds. The largest absolute Gasteiger partial charge is 0.497 e. The van der Waals surface area contributed by atoms with Crippen molar-refractivity contribution in [1.82, 2.24) is 14.7 Å². The number of amides is 2. The van der Waals surface area contributed by atoms with E-state index in [1.807, 2.05) is 59.5 Å². The van der Waals surface area contributed by atoms with Crippen molar-refractivity contribution in [3.63, 3.8) is 0 Å². The van der Waals surface area contributed by atoms with Crippen molar-refractivity contribution >= 4 is 11.7 Å². The molecule has 2 fully saturated rings. The summed E-state index contributed by atoms with van der Waals surface area (Å²) in [5, 5.41) is 13.1. The van der Waals surface area contributed by atoms with Crippen LogP contribution >= 0.6 is 0 Å². The first-order chi connectivity index (χ1) is 20.0. The van der Waals surface area contributed by atoms with Crippen LogP contribution in [0.5, 0.6) is 5.75 Å². The van der Waals surface area contributed by atoms with Crippen LogP contribution in [0, 0.1) is 17.8 Å². The first kappa shape index (κ1) is 28.7. The van der Waals surface area contributed by atoms with E-state index in [0.717, 1.165) is 55.0 Å². The van der Waals surface area contributed by atoms with Gasteiger partial charge in [0.15, 0.2) is 0 Å². The van der Waals surface area contributed by atoms with E-state index < -0.39 is 0 Å². The van der Waals surface area contributed by atoms with Crippen molar-refractivity contribution in [1.29, 1.82) is 0 Å². The summed E-state index contributed by atoms with van der Waals surface area (Å²) < 4.78 is 5.22. The van der Waals surface area contributed by atoms with Crippen molar-refractivity contribution in [2.45, 2.75) is 31.5 Å². The molecule has 2 heterocycles. The fourth-order valence-corrected chi connectivity index (χ4v) is 5.84. The zero-order valence-corrected chi connectivity index (χ0v) is 24.0. The van der Waals surface area contributed by atoms with Gasteiger partial charge in [0.05, 0.1) is 7.11 Å². The Kier molecular flexibility index (Phi) is 9.58. The van der Waals surface area contributed by atoms with E-state index in [1.165, 1.54) is 5.56 Å². The Bertz CT molecular complexity index is 1350. The van der Waals surface area contributed by atoms with E-state index in [4.69, 9.17) is 4.74 Å². The third kappa shape index (κ3) is 7.68. The number of aliphatic hydroxyl groups is 1. The number of aliphatic hydroxyl groups excluding tert-OH is 1. The molecule has 3 aromatic carbocycles. The molecular weight excluding hydrogens is 512 g/mol. The van der Waals surface area contributed by atoms with E-state index in [-0.39, 0.29) is 18.6 Å². The molecule has 0 spiro atoms. The molecule has 0 radical (unpaired) electrons. The monoisotopic (exact) mass is 552 g/mol. The highest BCUT2D eigenvalue weighted by molar-refractivity contribution is 5.89. The molecule has 0 saturated carbocycles. The number of hydrogen-bond acceptors (Lipinski definition) is 5. The number of likely N-dealkylation sites (N-methyl/N-ethyl adjacent to an activating group) is 1. The van der Waals surface area contributed by atoms with Crippen LogP contribution in [-0.2, 0) is 6.54 Å². The van der Waals surface area contributed by atoms with Gasteiger partial charge in [-0.3, -0.25) is 4.90 Å². The van der Waals surface area contributed by atoms with Crippen LogP contribution in [0.15, 0.2) is 78.9 Å². The lowest BCUT2D eigenvalue weighted by Crippen LogP contribution is -2.65. The van der Waals surface area contributed by atoms with Gasteiger partial charge in [0.1, 0.15) is 5.75 Å². The van der Waals surface area contributed by atoms with Crippen LogP contribution in [0.3, 0.4) is 0 Å². The number of carbonyl (C=O) groups excluding carboxylic acids is 1. The van der Waals surface area contributed by atoms with Crippen molar-refractivity contribution in [3.8, 4) is 17.6 Å². The molecule has 5 rings (SSSR count). The third-order valence-corrected chi connectivity index (χ3v) is 8.10. The van der Waals surface area contributed by atoms with Gasteiger partial charge < -0.3 is 25.0 Å². The van der Waals surface area contributed by atoms with E-state index in [1.54, 1.807) is 7.11 Å². The molecule has 7 nitrogen and oxygen atoms in total. The Morgan fingerprint density at radius 2 is 1.78 bits per heavy atom. The maximum absolute atomic E-state index is 13.2. The van der Waals surface area contributed by atoms with Crippen LogP contribution < -0.4 is 10.1 Å². The topological polar surface area (TPSA) is 68.3 Å². The van der Waals surface area contributed by atoms with Gasteiger partial charge in [-0.2, -0.15) is 0 Å². The highest BCUT2D eigenvalue weighted by Crippen LogP contribution is 2.31. The summed E-state index contributed by atoms with van der Waals surface area (Å²) in [6.07, 6.45) is 1.83. The first-order valence-corrected chi connectivity index (χ1v) is 14.4. The minimum atomic E-state index is -0.0930. The average Bonchev–Trinajstić information content (AvgIpc) is 2.98. The molecule has 3 atom stereocenters. The number of nitrogens with one attached hydrogen (secondary N) is 1. The molecule has 0 aliphatic carbocycles. The number of anilines is 1. The van der Waals surface area contributed by atoms with Gasteiger partial charge in [-0.1, -0.05) is 42.2 Å². The minimum absolute atomic E-state index is 0.0930. The number of rotatable bonds is 7. The summed E-state index contributed by atoms with van der Waals surface area (Å²) in [6.45, 7) is 4.13. The van der Waals surface area contributed by atoms with Crippen LogP contribution in [0.4, 0.5) is 10.5 Å². The van der Waals surface area contributed by atoms with Gasteiger partial charge in [-0.25, -0.2) is 4.79 Å². The highest BCUT2D eigenvalue weighted by Gasteiger charge is 2.42. The molecule has 2 aliphatic rings. The van der Waals surface area contributed by atoms with Crippen molar-refractivity contribution < 1.29 is 14.6 Å². The normalized spacial score (nSPS) is 20.6. The summed E-state index contributed by atoms with van der Waals surface area (Å²) in [6, 6.07) is 26.5. The number of urea groups is 1. The predicted molar refractivity (Wildman–Crippen MR) is 163 cm³/mol. The van der Waals surface area contributed by atoms with Crippen molar-refractivity contribution in [2.24, 2.45) is 5.92 Å². The Labute approximate surface area is 243 Å². The first-order valence-electron chi connectivity index (χ1n) is 14.4. The Morgan fingerprint density at radius 3 is 2.54 bits per heavy atom. The molecular formula is C34H40N4O3. The summed E-state index contributed by atoms with van der Waals surface area (Å²) in [7, 11) is 3.79. The van der Waals surface area contributed by atoms with Crippen LogP contribution in [0.25, 0.3) is 0 Å². The number of hydrogen-bond donors (Lipinski definition) is 2. The minimum Gasteiger partial charge on any atom is -0.497 e. The maximum Gasteiger partial charge on any atom is 0.321 e. The van der Waals surface area contributed by atoms with E-state index in [2.05, 4.69) is 58.3 Å². The van der Waals surface area contributed by atoms with E-state index >= 15 is 0 Å². The molecule has 0 bridgehead atoms. The fraction of sp³-hybridized carbons (Fsp3) is 0.382. The maximum atomic E-state index is 13.2. The number of nitrogens with zero attached hydrogens (tertiary/aromatic N) is 3. The van der Waals surface area contributed by atoms with Crippen LogP contribution in [0.1, 0.15) is 29.5 Å². The van der Waals surface area contributed by atoms with Gasteiger partial charge in [-0.15, -0.1) is 0 Å². The molecule has 7 heteroatoms. The zero-order valence-electron chi connectivity index (χ0n) is 24.0. The highest BCUT2D eigenvalue weighted by atomic mass is 16.5. The number of methoxy groups -OCH3 is 1. The number of ether oxygens (including phenoxy) is 1. The van der Waals surface area contributed by atoms with Gasteiger partial charge in [0, 0.05) is 68.2 Å². The number of fused-ring (bicyclic) bond motifs is 1. The zero-order chi connectivity index (χ0) is 28.6.